The molecule has 0 radical (unpaired) electrons. The number of likely N-dealkylation sites (N-methyl/N-ethyl adjacent to an activating group) is 1. The van der Waals surface area contributed by atoms with Gasteiger partial charge in [0.05, 0.1) is 0 Å². The molecule has 1 aromatic rings. The van der Waals surface area contributed by atoms with Crippen molar-refractivity contribution in [2.24, 2.45) is 5.73 Å². The molecule has 1 heterocycles. The number of nitrogens with zero attached hydrogens (tertiary/aromatic N) is 1. The summed E-state index contributed by atoms with van der Waals surface area (Å²) in [6, 6.07) is 7.76. The number of rotatable bonds is 3. The van der Waals surface area contributed by atoms with Crippen LogP contribution in [0.4, 0.5) is 5.69 Å². The number of carbonyl (C=O) groups excluding carboxylic acids is 1. The lowest BCUT2D eigenvalue weighted by molar-refractivity contribution is -0.121. The summed E-state index contributed by atoms with van der Waals surface area (Å²) < 4.78 is 1.01. The molecule has 0 spiro atoms. The maximum absolute atomic E-state index is 11.7. The lowest BCUT2D eigenvalue weighted by Crippen LogP contribution is -2.52. The van der Waals surface area contributed by atoms with E-state index in [2.05, 4.69) is 26.1 Å². The first-order valence-electron chi connectivity index (χ1n) is 5.54. The van der Waals surface area contributed by atoms with Gasteiger partial charge in [-0.15, -0.1) is 0 Å². The van der Waals surface area contributed by atoms with E-state index in [9.17, 15) is 4.79 Å². The van der Waals surface area contributed by atoms with Crippen LogP contribution in [0.15, 0.2) is 28.7 Å². The molecular formula is C12H16BrN3O. The van der Waals surface area contributed by atoms with Gasteiger partial charge in [-0.1, -0.05) is 15.9 Å². The number of halogens is 1. The maximum atomic E-state index is 11.7. The number of hydrogen-bond acceptors (Lipinski definition) is 3. The van der Waals surface area contributed by atoms with Crippen LogP contribution in [-0.4, -0.2) is 36.5 Å². The van der Waals surface area contributed by atoms with Crippen molar-refractivity contribution in [3.05, 3.63) is 28.7 Å². The van der Waals surface area contributed by atoms with Crippen LogP contribution in [0.3, 0.4) is 0 Å². The van der Waals surface area contributed by atoms with Crippen LogP contribution < -0.4 is 11.1 Å². The molecule has 1 aliphatic heterocycles. The van der Waals surface area contributed by atoms with Gasteiger partial charge in [0.1, 0.15) is 5.54 Å². The normalized spacial score (nSPS) is 24.8. The van der Waals surface area contributed by atoms with Crippen LogP contribution in [0, 0.1) is 0 Å². The molecule has 92 valence electrons. The van der Waals surface area contributed by atoms with Gasteiger partial charge in [-0.3, -0.25) is 4.79 Å². The number of anilines is 1. The highest BCUT2D eigenvalue weighted by atomic mass is 79.9. The molecule has 1 unspecified atom stereocenters. The molecule has 0 aliphatic carbocycles. The van der Waals surface area contributed by atoms with Crippen molar-refractivity contribution in [3.63, 3.8) is 0 Å². The average molecular weight is 298 g/mol. The lowest BCUT2D eigenvalue weighted by Gasteiger charge is -2.28. The molecular weight excluding hydrogens is 282 g/mol. The number of hydrogen-bond donors (Lipinski definition) is 2. The Morgan fingerprint density at radius 2 is 2.12 bits per heavy atom. The van der Waals surface area contributed by atoms with Crippen LogP contribution in [0.1, 0.15) is 6.42 Å². The molecule has 3 N–H and O–H groups in total. The van der Waals surface area contributed by atoms with Crippen molar-refractivity contribution >= 4 is 27.5 Å². The number of likely N-dealkylation sites (tertiary alicyclic amines) is 1. The van der Waals surface area contributed by atoms with Gasteiger partial charge < -0.3 is 16.0 Å². The van der Waals surface area contributed by atoms with Gasteiger partial charge in [0.25, 0.3) is 0 Å². The summed E-state index contributed by atoms with van der Waals surface area (Å²) in [4.78, 5) is 13.8. The fourth-order valence-electron chi connectivity index (χ4n) is 2.17. The van der Waals surface area contributed by atoms with Gasteiger partial charge >= 0.3 is 0 Å². The molecule has 5 heteroatoms. The van der Waals surface area contributed by atoms with Crippen LogP contribution >= 0.6 is 15.9 Å². The van der Waals surface area contributed by atoms with Gasteiger partial charge in [0.15, 0.2) is 0 Å². The zero-order valence-corrected chi connectivity index (χ0v) is 11.3. The van der Waals surface area contributed by atoms with E-state index in [0.29, 0.717) is 6.54 Å². The number of carbonyl (C=O) groups is 1. The molecule has 4 nitrogen and oxygen atoms in total. The maximum Gasteiger partial charge on any atom is 0.244 e. The minimum atomic E-state index is -0.636. The first-order chi connectivity index (χ1) is 8.02. The SMILES string of the molecule is CN1CCC(Nc2ccc(Br)cc2)(C(N)=O)C1. The molecule has 1 fully saturated rings. The number of nitrogens with one attached hydrogen (secondary N) is 1. The average Bonchev–Trinajstić information content (AvgIpc) is 2.65. The Morgan fingerprint density at radius 1 is 1.47 bits per heavy atom. The zero-order chi connectivity index (χ0) is 12.5. The van der Waals surface area contributed by atoms with Crippen molar-refractivity contribution in [2.75, 3.05) is 25.5 Å². The Bertz CT molecular complexity index is 420. The zero-order valence-electron chi connectivity index (χ0n) is 9.74. The van der Waals surface area contributed by atoms with E-state index < -0.39 is 5.54 Å². The number of benzene rings is 1. The predicted octanol–water partition coefficient (Wildman–Crippen LogP) is 1.42. The van der Waals surface area contributed by atoms with Crippen molar-refractivity contribution in [3.8, 4) is 0 Å². The monoisotopic (exact) mass is 297 g/mol. The molecule has 0 saturated carbocycles. The molecule has 17 heavy (non-hydrogen) atoms. The summed E-state index contributed by atoms with van der Waals surface area (Å²) >= 11 is 3.38. The molecule has 1 aromatic carbocycles. The Balaban J connectivity index is 2.19. The summed E-state index contributed by atoms with van der Waals surface area (Å²) in [5.74, 6) is -0.287. The van der Waals surface area contributed by atoms with Gasteiger partial charge in [0.2, 0.25) is 5.91 Å². The molecule has 2 rings (SSSR count). The highest BCUT2D eigenvalue weighted by Gasteiger charge is 2.42. The highest BCUT2D eigenvalue weighted by Crippen LogP contribution is 2.26. The van der Waals surface area contributed by atoms with Crippen LogP contribution in [0.2, 0.25) is 0 Å². The van der Waals surface area contributed by atoms with Gasteiger partial charge in [-0.2, -0.15) is 0 Å². The molecule has 1 atom stereocenters. The molecule has 1 aliphatic rings. The van der Waals surface area contributed by atoms with E-state index in [4.69, 9.17) is 5.73 Å². The van der Waals surface area contributed by atoms with E-state index in [1.54, 1.807) is 0 Å². The van der Waals surface area contributed by atoms with Crippen molar-refractivity contribution in [2.45, 2.75) is 12.0 Å². The number of nitrogens with two attached hydrogens (primary N) is 1. The Hall–Kier alpha value is -1.07. The Labute approximate surface area is 109 Å². The number of primary amides is 1. The van der Waals surface area contributed by atoms with Crippen LogP contribution in [0.5, 0.6) is 0 Å². The first-order valence-corrected chi connectivity index (χ1v) is 6.33. The largest absolute Gasteiger partial charge is 0.370 e. The lowest BCUT2D eigenvalue weighted by atomic mass is 9.97. The molecule has 1 amide bonds. The standard InChI is InChI=1S/C12H16BrN3O/c1-16-7-6-12(8-16,11(14)17)15-10-4-2-9(13)3-5-10/h2-5,15H,6-8H2,1H3,(H2,14,17). The van der Waals surface area contributed by atoms with Crippen LogP contribution in [-0.2, 0) is 4.79 Å². The first kappa shape index (κ1) is 12.4. The van der Waals surface area contributed by atoms with Crippen molar-refractivity contribution < 1.29 is 4.79 Å². The minimum Gasteiger partial charge on any atom is -0.370 e. The topological polar surface area (TPSA) is 58.4 Å². The summed E-state index contributed by atoms with van der Waals surface area (Å²) in [7, 11) is 1.99. The third kappa shape index (κ3) is 2.61. The molecule has 0 bridgehead atoms. The van der Waals surface area contributed by atoms with Crippen LogP contribution in [0.25, 0.3) is 0 Å². The summed E-state index contributed by atoms with van der Waals surface area (Å²) in [5, 5.41) is 3.27. The third-order valence-electron chi connectivity index (χ3n) is 3.16. The van der Waals surface area contributed by atoms with Gasteiger partial charge in [-0.05, 0) is 37.7 Å². The highest BCUT2D eigenvalue weighted by molar-refractivity contribution is 9.10. The Kier molecular flexibility index (Phi) is 3.40. The van der Waals surface area contributed by atoms with E-state index in [1.807, 2.05) is 31.3 Å². The summed E-state index contributed by atoms with van der Waals surface area (Å²) in [6.45, 7) is 1.53. The second-order valence-corrected chi connectivity index (χ2v) is 5.48. The van der Waals surface area contributed by atoms with Crippen molar-refractivity contribution in [1.82, 2.24) is 4.90 Å². The predicted molar refractivity (Wildman–Crippen MR) is 71.8 cm³/mol. The minimum absolute atomic E-state index is 0.287. The van der Waals surface area contributed by atoms with Gasteiger partial charge in [0, 0.05) is 23.2 Å². The van der Waals surface area contributed by atoms with Gasteiger partial charge in [-0.25, -0.2) is 0 Å². The van der Waals surface area contributed by atoms with E-state index in [1.165, 1.54) is 0 Å². The second-order valence-electron chi connectivity index (χ2n) is 4.57. The second kappa shape index (κ2) is 4.66. The summed E-state index contributed by atoms with van der Waals surface area (Å²) in [5.41, 5.74) is 5.82. The Morgan fingerprint density at radius 3 is 2.59 bits per heavy atom. The smallest absolute Gasteiger partial charge is 0.244 e. The quantitative estimate of drug-likeness (QED) is 0.887. The molecule has 1 saturated heterocycles. The number of amides is 1. The third-order valence-corrected chi connectivity index (χ3v) is 3.69. The van der Waals surface area contributed by atoms with E-state index in [0.717, 1.165) is 23.1 Å². The van der Waals surface area contributed by atoms with E-state index in [-0.39, 0.29) is 5.91 Å². The fraction of sp³-hybridized carbons (Fsp3) is 0.417. The fourth-order valence-corrected chi connectivity index (χ4v) is 2.44. The summed E-state index contributed by atoms with van der Waals surface area (Å²) in [6.07, 6.45) is 0.745. The van der Waals surface area contributed by atoms with Crippen molar-refractivity contribution in [1.29, 1.82) is 0 Å². The molecule has 0 aromatic heterocycles. The van der Waals surface area contributed by atoms with E-state index >= 15 is 0 Å².